The molecule has 10 nitrogen and oxygen atoms in total. The molecule has 0 unspecified atom stereocenters. The number of carbonyl (C=O) groups is 2. The molecule has 0 aliphatic carbocycles. The number of aromatic amines is 1. The summed E-state index contributed by atoms with van der Waals surface area (Å²) in [6, 6.07) is 13.5. The van der Waals surface area contributed by atoms with Crippen LogP contribution in [0.5, 0.6) is 0 Å². The Labute approximate surface area is 203 Å². The molecule has 4 rings (SSSR count). The quantitative estimate of drug-likeness (QED) is 0.430. The summed E-state index contributed by atoms with van der Waals surface area (Å²) in [6.07, 6.45) is 0. The van der Waals surface area contributed by atoms with Gasteiger partial charge in [-0.05, 0) is 61.4 Å². The number of amides is 2. The molecular formula is C25H29N7O3. The number of nitrogens with zero attached hydrogens (tertiary/aromatic N) is 3. The van der Waals surface area contributed by atoms with Crippen LogP contribution in [0.4, 0.5) is 28.8 Å². The van der Waals surface area contributed by atoms with Gasteiger partial charge in [0, 0.05) is 50.2 Å². The van der Waals surface area contributed by atoms with Crippen molar-refractivity contribution in [3.05, 3.63) is 69.5 Å². The van der Waals surface area contributed by atoms with E-state index in [1.807, 2.05) is 61.2 Å². The van der Waals surface area contributed by atoms with Gasteiger partial charge in [0.15, 0.2) is 5.82 Å². The minimum Gasteiger partial charge on any atom is -0.368 e. The second kappa shape index (κ2) is 9.88. The summed E-state index contributed by atoms with van der Waals surface area (Å²) in [4.78, 5) is 47.2. The minimum absolute atomic E-state index is 0.0775. The first-order valence-electron chi connectivity index (χ1n) is 11.4. The Morgan fingerprint density at radius 2 is 1.57 bits per heavy atom. The van der Waals surface area contributed by atoms with E-state index in [-0.39, 0.29) is 23.2 Å². The molecule has 10 heteroatoms. The number of nitrogens with one attached hydrogen (secondary N) is 3. The second-order valence-electron chi connectivity index (χ2n) is 8.67. The highest BCUT2D eigenvalue weighted by atomic mass is 16.2. The van der Waals surface area contributed by atoms with Crippen molar-refractivity contribution in [1.29, 1.82) is 0 Å². The third-order valence-corrected chi connectivity index (χ3v) is 5.87. The lowest BCUT2D eigenvalue weighted by Gasteiger charge is -2.35. The first-order chi connectivity index (χ1) is 16.7. The van der Waals surface area contributed by atoms with Crippen LogP contribution >= 0.6 is 0 Å². The molecule has 35 heavy (non-hydrogen) atoms. The van der Waals surface area contributed by atoms with E-state index in [1.165, 1.54) is 0 Å². The van der Waals surface area contributed by atoms with Crippen LogP contribution in [-0.2, 0) is 4.79 Å². The lowest BCUT2D eigenvalue weighted by Crippen LogP contribution is -2.48. The molecule has 182 valence electrons. The number of nitrogens with two attached hydrogens (primary N) is 1. The molecule has 0 bridgehead atoms. The van der Waals surface area contributed by atoms with Gasteiger partial charge in [-0.2, -0.15) is 4.98 Å². The summed E-state index contributed by atoms with van der Waals surface area (Å²) >= 11 is 0. The van der Waals surface area contributed by atoms with Crippen molar-refractivity contribution in [2.45, 2.75) is 20.8 Å². The smallest absolute Gasteiger partial charge is 0.267 e. The monoisotopic (exact) mass is 475 g/mol. The molecule has 1 aliphatic rings. The summed E-state index contributed by atoms with van der Waals surface area (Å²) in [5.41, 5.74) is 9.09. The summed E-state index contributed by atoms with van der Waals surface area (Å²) in [5.74, 6) is -0.519. The van der Waals surface area contributed by atoms with Crippen LogP contribution in [0.3, 0.4) is 0 Å². The number of rotatable bonds is 6. The highest BCUT2D eigenvalue weighted by Crippen LogP contribution is 2.23. The first-order valence-corrected chi connectivity index (χ1v) is 11.4. The molecule has 1 saturated heterocycles. The highest BCUT2D eigenvalue weighted by Gasteiger charge is 2.19. The summed E-state index contributed by atoms with van der Waals surface area (Å²) in [6.45, 7) is 8.43. The average Bonchev–Trinajstić information content (AvgIpc) is 2.78. The van der Waals surface area contributed by atoms with Gasteiger partial charge in [-0.1, -0.05) is 6.07 Å². The molecule has 1 fully saturated rings. The zero-order chi connectivity index (χ0) is 25.1. The number of hydrogen-bond donors (Lipinski definition) is 4. The molecular weight excluding hydrogens is 446 g/mol. The highest BCUT2D eigenvalue weighted by molar-refractivity contribution is 5.98. The molecule has 0 atom stereocenters. The molecule has 2 amide bonds. The maximum Gasteiger partial charge on any atom is 0.267 e. The Morgan fingerprint density at radius 1 is 0.943 bits per heavy atom. The number of benzene rings is 2. The molecule has 2 aromatic carbocycles. The predicted molar refractivity (Wildman–Crippen MR) is 137 cm³/mol. The molecule has 1 aromatic heterocycles. The van der Waals surface area contributed by atoms with Crippen molar-refractivity contribution in [3.63, 3.8) is 0 Å². The molecule has 0 radical (unpaired) electrons. The fourth-order valence-electron chi connectivity index (χ4n) is 4.21. The number of piperazine rings is 1. The number of anilines is 5. The van der Waals surface area contributed by atoms with E-state index in [2.05, 4.69) is 25.5 Å². The third kappa shape index (κ3) is 5.60. The number of aromatic nitrogens is 2. The fourth-order valence-corrected chi connectivity index (χ4v) is 4.21. The minimum atomic E-state index is -0.869. The second-order valence-corrected chi connectivity index (χ2v) is 8.67. The van der Waals surface area contributed by atoms with Crippen LogP contribution in [-0.4, -0.2) is 52.9 Å². The van der Waals surface area contributed by atoms with Crippen LogP contribution in [0.1, 0.15) is 28.4 Å². The van der Waals surface area contributed by atoms with Gasteiger partial charge in [0.1, 0.15) is 5.56 Å². The third-order valence-electron chi connectivity index (χ3n) is 5.87. The number of aryl methyl sites for hydroxylation is 2. The largest absolute Gasteiger partial charge is 0.368 e. The van der Waals surface area contributed by atoms with Gasteiger partial charge in [0.25, 0.3) is 11.5 Å². The van der Waals surface area contributed by atoms with Crippen LogP contribution in [0.2, 0.25) is 0 Å². The summed E-state index contributed by atoms with van der Waals surface area (Å²) < 4.78 is 0. The van der Waals surface area contributed by atoms with E-state index in [0.717, 1.165) is 29.9 Å². The van der Waals surface area contributed by atoms with Crippen molar-refractivity contribution in [2.75, 3.05) is 41.7 Å². The van der Waals surface area contributed by atoms with Gasteiger partial charge in [-0.25, -0.2) is 0 Å². The lowest BCUT2D eigenvalue weighted by atomic mass is 10.1. The molecule has 1 aliphatic heterocycles. The topological polar surface area (TPSA) is 136 Å². The van der Waals surface area contributed by atoms with Gasteiger partial charge in [0.2, 0.25) is 11.9 Å². The Morgan fingerprint density at radius 3 is 2.14 bits per heavy atom. The van der Waals surface area contributed by atoms with Gasteiger partial charge >= 0.3 is 0 Å². The van der Waals surface area contributed by atoms with Gasteiger partial charge in [-0.15, -0.1) is 0 Å². The van der Waals surface area contributed by atoms with Crippen LogP contribution in [0.25, 0.3) is 0 Å². The number of H-pyrrole nitrogens is 1. The van der Waals surface area contributed by atoms with Crippen LogP contribution in [0.15, 0.2) is 47.3 Å². The molecule has 0 spiro atoms. The van der Waals surface area contributed by atoms with Crippen LogP contribution < -0.4 is 26.8 Å². The standard InChI is InChI=1S/C25H29N7O3/c1-15-12-16(2)14-19(13-15)27-23-21(22(26)34)24(35)30-25(29-23)28-18-4-6-20(7-5-18)32-10-8-31(9-11-32)17(3)33/h4-7,12-14H,8-11H2,1-3H3,(H2,26,34)(H3,27,28,29,30,35). The SMILES string of the molecule is CC(=O)N1CCN(c2ccc(Nc3nc(Nc4cc(C)cc(C)c4)c(C(N)=O)c(=O)[nH]3)cc2)CC1. The van der Waals surface area contributed by atoms with E-state index in [4.69, 9.17) is 5.73 Å². The van der Waals surface area contributed by atoms with Crippen molar-refractivity contribution in [1.82, 2.24) is 14.9 Å². The Bertz CT molecular complexity index is 1290. The fraction of sp³-hybridized carbons (Fsp3) is 0.280. The van der Waals surface area contributed by atoms with E-state index in [9.17, 15) is 14.4 Å². The van der Waals surface area contributed by atoms with E-state index >= 15 is 0 Å². The molecule has 5 N–H and O–H groups in total. The van der Waals surface area contributed by atoms with Gasteiger partial charge < -0.3 is 26.2 Å². The van der Waals surface area contributed by atoms with Gasteiger partial charge in [0.05, 0.1) is 0 Å². The van der Waals surface area contributed by atoms with E-state index in [1.54, 1.807) is 6.92 Å². The Balaban J connectivity index is 1.54. The van der Waals surface area contributed by atoms with E-state index in [0.29, 0.717) is 24.5 Å². The predicted octanol–water partition coefficient (Wildman–Crippen LogP) is 2.64. The molecule has 0 saturated carbocycles. The number of primary amides is 1. The average molecular weight is 476 g/mol. The zero-order valence-electron chi connectivity index (χ0n) is 20.0. The number of carbonyl (C=O) groups excluding carboxylic acids is 2. The van der Waals surface area contributed by atoms with Crippen molar-refractivity contribution < 1.29 is 9.59 Å². The number of hydrogen-bond acceptors (Lipinski definition) is 7. The van der Waals surface area contributed by atoms with Crippen molar-refractivity contribution >= 4 is 40.6 Å². The maximum absolute atomic E-state index is 12.6. The summed E-state index contributed by atoms with van der Waals surface area (Å²) in [7, 11) is 0. The molecule has 2 heterocycles. The Kier molecular flexibility index (Phi) is 6.72. The zero-order valence-corrected chi connectivity index (χ0v) is 20.0. The van der Waals surface area contributed by atoms with Gasteiger partial charge in [-0.3, -0.25) is 19.4 Å². The van der Waals surface area contributed by atoms with Crippen molar-refractivity contribution in [3.8, 4) is 0 Å². The lowest BCUT2D eigenvalue weighted by molar-refractivity contribution is -0.129. The van der Waals surface area contributed by atoms with Crippen molar-refractivity contribution in [2.24, 2.45) is 5.73 Å². The summed E-state index contributed by atoms with van der Waals surface area (Å²) in [5, 5.41) is 6.14. The first kappa shape index (κ1) is 23.8. The van der Waals surface area contributed by atoms with E-state index < -0.39 is 11.5 Å². The maximum atomic E-state index is 12.6. The Hall–Kier alpha value is -4.34. The molecule has 3 aromatic rings. The normalized spacial score (nSPS) is 13.5. The van der Waals surface area contributed by atoms with Crippen LogP contribution in [0, 0.1) is 13.8 Å².